The number of ether oxygens (including phenoxy) is 2. The molecular weight excluding hydrogens is 380 g/mol. The Bertz CT molecular complexity index is 1110. The molecule has 30 heavy (non-hydrogen) atoms. The third-order valence-electron chi connectivity index (χ3n) is 5.67. The highest BCUT2D eigenvalue weighted by molar-refractivity contribution is 5.69. The average Bonchev–Trinajstić information content (AvgIpc) is 3.53. The first kappa shape index (κ1) is 20.1. The van der Waals surface area contributed by atoms with Crippen molar-refractivity contribution >= 4 is 0 Å². The van der Waals surface area contributed by atoms with Crippen molar-refractivity contribution in [2.45, 2.75) is 39.7 Å². The molecule has 0 aromatic carbocycles. The van der Waals surface area contributed by atoms with E-state index in [1.165, 1.54) is 0 Å². The molecule has 1 aliphatic rings. The summed E-state index contributed by atoms with van der Waals surface area (Å²) >= 11 is 0. The summed E-state index contributed by atoms with van der Waals surface area (Å²) in [6, 6.07) is 7.37. The van der Waals surface area contributed by atoms with Gasteiger partial charge in [-0.25, -0.2) is 4.98 Å². The van der Waals surface area contributed by atoms with Gasteiger partial charge in [0.15, 0.2) is 0 Å². The summed E-state index contributed by atoms with van der Waals surface area (Å²) in [6.07, 6.45) is 4.57. The fraction of sp³-hybridized carbons (Fsp3) is 0.391. The number of nitrogens with zero attached hydrogens (tertiary/aromatic N) is 4. The molecule has 0 saturated heterocycles. The van der Waals surface area contributed by atoms with Gasteiger partial charge in [0.1, 0.15) is 11.6 Å². The molecule has 1 saturated carbocycles. The Morgan fingerprint density at radius 3 is 2.63 bits per heavy atom. The highest BCUT2D eigenvalue weighted by atomic mass is 16.5. The van der Waals surface area contributed by atoms with Gasteiger partial charge in [-0.2, -0.15) is 4.98 Å². The Labute approximate surface area is 175 Å². The van der Waals surface area contributed by atoms with E-state index in [1.807, 2.05) is 39.0 Å². The molecular formula is C23H26N4O3. The zero-order chi connectivity index (χ0) is 21.3. The monoisotopic (exact) mass is 406 g/mol. The second-order valence-electron chi connectivity index (χ2n) is 7.59. The second-order valence-corrected chi connectivity index (χ2v) is 7.59. The van der Waals surface area contributed by atoms with E-state index in [-0.39, 0.29) is 5.56 Å². The molecule has 1 aliphatic carbocycles. The minimum absolute atomic E-state index is 0.0120. The minimum Gasteiger partial charge on any atom is -0.495 e. The average molecular weight is 406 g/mol. The molecule has 0 amide bonds. The van der Waals surface area contributed by atoms with Gasteiger partial charge in [0.05, 0.1) is 25.5 Å². The van der Waals surface area contributed by atoms with Crippen molar-refractivity contribution in [2.24, 2.45) is 5.92 Å². The number of aryl methyl sites for hydroxylation is 1. The van der Waals surface area contributed by atoms with Crippen molar-refractivity contribution in [3.05, 3.63) is 64.2 Å². The lowest BCUT2D eigenvalue weighted by molar-refractivity contribution is 0.285. The van der Waals surface area contributed by atoms with Gasteiger partial charge in [0.25, 0.3) is 5.56 Å². The molecule has 3 heterocycles. The quantitative estimate of drug-likeness (QED) is 0.597. The van der Waals surface area contributed by atoms with Gasteiger partial charge in [-0.15, -0.1) is 0 Å². The van der Waals surface area contributed by atoms with Crippen LogP contribution in [0.2, 0.25) is 0 Å². The maximum Gasteiger partial charge on any atom is 0.250 e. The van der Waals surface area contributed by atoms with Crippen molar-refractivity contribution in [1.29, 1.82) is 0 Å². The Kier molecular flexibility index (Phi) is 5.53. The Morgan fingerprint density at radius 2 is 1.93 bits per heavy atom. The van der Waals surface area contributed by atoms with E-state index in [2.05, 4.69) is 15.0 Å². The zero-order valence-corrected chi connectivity index (χ0v) is 17.8. The fourth-order valence-corrected chi connectivity index (χ4v) is 3.81. The van der Waals surface area contributed by atoms with E-state index in [1.54, 1.807) is 30.1 Å². The maximum atomic E-state index is 12.1. The normalized spacial score (nSPS) is 17.6. The molecule has 3 aromatic rings. The second kappa shape index (κ2) is 8.26. The fourth-order valence-electron chi connectivity index (χ4n) is 3.81. The van der Waals surface area contributed by atoms with Crippen LogP contribution in [-0.4, -0.2) is 33.2 Å². The first-order valence-corrected chi connectivity index (χ1v) is 10.2. The van der Waals surface area contributed by atoms with Gasteiger partial charge in [-0.3, -0.25) is 9.78 Å². The number of aromatic nitrogens is 4. The van der Waals surface area contributed by atoms with E-state index in [0.29, 0.717) is 36.7 Å². The van der Waals surface area contributed by atoms with Crippen molar-refractivity contribution in [1.82, 2.24) is 19.5 Å². The summed E-state index contributed by atoms with van der Waals surface area (Å²) < 4.78 is 13.1. The molecule has 7 heteroatoms. The largest absolute Gasteiger partial charge is 0.495 e. The lowest BCUT2D eigenvalue weighted by Crippen LogP contribution is -2.21. The summed E-state index contributed by atoms with van der Waals surface area (Å²) in [7, 11) is 1.64. The van der Waals surface area contributed by atoms with Crippen LogP contribution >= 0.6 is 0 Å². The predicted molar refractivity (Wildman–Crippen MR) is 114 cm³/mol. The molecule has 156 valence electrons. The number of hydrogen-bond donors (Lipinski definition) is 0. The molecule has 4 rings (SSSR count). The molecule has 0 radical (unpaired) electrons. The van der Waals surface area contributed by atoms with Crippen LogP contribution in [0.1, 0.15) is 36.5 Å². The van der Waals surface area contributed by atoms with Crippen LogP contribution in [0.15, 0.2) is 41.5 Å². The number of rotatable bonds is 7. The van der Waals surface area contributed by atoms with Gasteiger partial charge in [0.2, 0.25) is 5.88 Å². The molecule has 0 spiro atoms. The van der Waals surface area contributed by atoms with E-state index in [0.717, 1.165) is 34.7 Å². The predicted octanol–water partition coefficient (Wildman–Crippen LogP) is 3.53. The van der Waals surface area contributed by atoms with Gasteiger partial charge in [-0.05, 0) is 45.4 Å². The topological polar surface area (TPSA) is 79.1 Å². The summed E-state index contributed by atoms with van der Waals surface area (Å²) in [4.78, 5) is 25.5. The molecule has 0 aliphatic heterocycles. The van der Waals surface area contributed by atoms with Gasteiger partial charge in [0, 0.05) is 47.6 Å². The lowest BCUT2D eigenvalue weighted by atomic mass is 10.1. The van der Waals surface area contributed by atoms with Gasteiger partial charge in [-0.1, -0.05) is 0 Å². The van der Waals surface area contributed by atoms with Crippen molar-refractivity contribution < 1.29 is 9.47 Å². The highest BCUT2D eigenvalue weighted by Crippen LogP contribution is 2.47. The maximum absolute atomic E-state index is 12.1. The van der Waals surface area contributed by atoms with Crippen LogP contribution in [0.5, 0.6) is 11.6 Å². The standard InChI is InChI=1S/C23H26N4O3/c1-5-27-14(2)18(7-9-22(27)28)20-12-24-15(3)26-23(20)30-13-16-10-19(16)21-8-6-17(29-4)11-25-21/h6-9,11-12,16,19H,5,10,13H2,1-4H3/t16?,19-/m1/s1. The van der Waals surface area contributed by atoms with Crippen LogP contribution < -0.4 is 15.0 Å². The lowest BCUT2D eigenvalue weighted by Gasteiger charge is -2.15. The summed E-state index contributed by atoms with van der Waals surface area (Å²) in [5, 5.41) is 0. The molecule has 0 bridgehead atoms. The summed E-state index contributed by atoms with van der Waals surface area (Å²) in [5.41, 5.74) is 3.65. The summed E-state index contributed by atoms with van der Waals surface area (Å²) in [5.74, 6) is 2.77. The van der Waals surface area contributed by atoms with Crippen molar-refractivity contribution in [3.63, 3.8) is 0 Å². The van der Waals surface area contributed by atoms with E-state index >= 15 is 0 Å². The molecule has 0 N–H and O–H groups in total. The van der Waals surface area contributed by atoms with E-state index in [4.69, 9.17) is 9.47 Å². The third-order valence-corrected chi connectivity index (χ3v) is 5.67. The minimum atomic E-state index is -0.0120. The van der Waals surface area contributed by atoms with Crippen LogP contribution in [0, 0.1) is 19.8 Å². The van der Waals surface area contributed by atoms with Gasteiger partial charge >= 0.3 is 0 Å². The van der Waals surface area contributed by atoms with Crippen LogP contribution in [0.25, 0.3) is 11.1 Å². The van der Waals surface area contributed by atoms with Crippen LogP contribution in [-0.2, 0) is 6.54 Å². The molecule has 1 fully saturated rings. The number of hydrogen-bond acceptors (Lipinski definition) is 6. The smallest absolute Gasteiger partial charge is 0.250 e. The SMILES string of the molecule is CCn1c(C)c(-c2cnc(C)nc2OCC2C[C@H]2c2ccc(OC)cn2)ccc1=O. The first-order valence-electron chi connectivity index (χ1n) is 10.2. The number of methoxy groups -OCH3 is 1. The van der Waals surface area contributed by atoms with E-state index in [9.17, 15) is 4.79 Å². The molecule has 1 unspecified atom stereocenters. The highest BCUT2D eigenvalue weighted by Gasteiger charge is 2.40. The third kappa shape index (κ3) is 3.92. The Balaban J connectivity index is 1.53. The van der Waals surface area contributed by atoms with Gasteiger partial charge < -0.3 is 14.0 Å². The molecule has 7 nitrogen and oxygen atoms in total. The summed E-state index contributed by atoms with van der Waals surface area (Å²) in [6.45, 7) is 6.92. The number of pyridine rings is 2. The van der Waals surface area contributed by atoms with Crippen LogP contribution in [0.4, 0.5) is 0 Å². The zero-order valence-electron chi connectivity index (χ0n) is 17.8. The van der Waals surface area contributed by atoms with Crippen LogP contribution in [0.3, 0.4) is 0 Å². The molecule has 3 aromatic heterocycles. The van der Waals surface area contributed by atoms with E-state index < -0.39 is 0 Å². The molecule has 2 atom stereocenters. The Hall–Kier alpha value is -3.22. The van der Waals surface area contributed by atoms with Crippen molar-refractivity contribution in [3.8, 4) is 22.8 Å². The first-order chi connectivity index (χ1) is 14.5. The Morgan fingerprint density at radius 1 is 1.10 bits per heavy atom. The van der Waals surface area contributed by atoms with Crippen molar-refractivity contribution in [2.75, 3.05) is 13.7 Å².